The average Bonchev–Trinajstić information content (AvgIpc) is 2.37. The zero-order valence-electron chi connectivity index (χ0n) is 9.06. The van der Waals surface area contributed by atoms with Crippen LogP contribution in [0.5, 0.6) is 11.5 Å². The molecule has 0 aliphatic rings. The predicted octanol–water partition coefficient (Wildman–Crippen LogP) is 4.14. The number of phenolic OH excluding ortho intramolecular Hbond substituents is 1. The maximum Gasteiger partial charge on any atom is 0.343 e. The standard InChI is InChI=1S/C13H8Br2O3/c14-10-6-9(7-11(15)12(10)16)18-13(17)8-4-2-1-3-5-8/h1-7,16H. The van der Waals surface area contributed by atoms with Crippen molar-refractivity contribution in [2.75, 3.05) is 0 Å². The first kappa shape index (κ1) is 13.1. The van der Waals surface area contributed by atoms with Gasteiger partial charge in [0.2, 0.25) is 0 Å². The Labute approximate surface area is 121 Å². The summed E-state index contributed by atoms with van der Waals surface area (Å²) in [7, 11) is 0. The zero-order valence-corrected chi connectivity index (χ0v) is 12.2. The average molecular weight is 372 g/mol. The van der Waals surface area contributed by atoms with Crippen molar-refractivity contribution < 1.29 is 14.6 Å². The summed E-state index contributed by atoms with van der Waals surface area (Å²) in [5, 5.41) is 9.55. The maximum atomic E-state index is 11.8. The van der Waals surface area contributed by atoms with Crippen LogP contribution in [0.3, 0.4) is 0 Å². The van der Waals surface area contributed by atoms with Crippen molar-refractivity contribution in [2.24, 2.45) is 0 Å². The summed E-state index contributed by atoms with van der Waals surface area (Å²) in [4.78, 5) is 11.8. The molecule has 1 N–H and O–H groups in total. The van der Waals surface area contributed by atoms with Gasteiger partial charge in [-0.15, -0.1) is 0 Å². The molecule has 0 fully saturated rings. The van der Waals surface area contributed by atoms with Gasteiger partial charge in [-0.25, -0.2) is 4.79 Å². The number of aromatic hydroxyl groups is 1. The Kier molecular flexibility index (Phi) is 4.04. The van der Waals surface area contributed by atoms with E-state index in [1.807, 2.05) is 6.07 Å². The van der Waals surface area contributed by atoms with Crippen molar-refractivity contribution in [1.82, 2.24) is 0 Å². The first-order chi connectivity index (χ1) is 8.58. The lowest BCUT2D eigenvalue weighted by Gasteiger charge is -2.07. The highest BCUT2D eigenvalue weighted by molar-refractivity contribution is 9.11. The van der Waals surface area contributed by atoms with E-state index in [1.54, 1.807) is 24.3 Å². The minimum absolute atomic E-state index is 0.0644. The fourth-order valence-electron chi connectivity index (χ4n) is 1.34. The van der Waals surface area contributed by atoms with E-state index in [4.69, 9.17) is 4.74 Å². The van der Waals surface area contributed by atoms with Gasteiger partial charge in [-0.1, -0.05) is 18.2 Å². The van der Waals surface area contributed by atoms with E-state index in [0.717, 1.165) is 0 Å². The molecule has 0 aliphatic carbocycles. The third-order valence-corrected chi connectivity index (χ3v) is 3.42. The minimum Gasteiger partial charge on any atom is -0.506 e. The summed E-state index contributed by atoms with van der Waals surface area (Å²) in [6.07, 6.45) is 0. The van der Waals surface area contributed by atoms with Gasteiger partial charge in [-0.3, -0.25) is 0 Å². The first-order valence-corrected chi connectivity index (χ1v) is 6.62. The van der Waals surface area contributed by atoms with Crippen molar-refractivity contribution in [3.05, 3.63) is 57.0 Å². The number of halogens is 2. The molecule has 0 radical (unpaired) electrons. The maximum absolute atomic E-state index is 11.8. The molecular weight excluding hydrogens is 364 g/mol. The lowest BCUT2D eigenvalue weighted by molar-refractivity contribution is 0.0734. The molecule has 0 aromatic heterocycles. The molecule has 0 aliphatic heterocycles. The van der Waals surface area contributed by atoms with Crippen LogP contribution in [-0.2, 0) is 0 Å². The second kappa shape index (κ2) is 5.54. The van der Waals surface area contributed by atoms with E-state index in [2.05, 4.69) is 31.9 Å². The number of esters is 1. The molecule has 0 unspecified atom stereocenters. The molecule has 0 spiro atoms. The molecule has 0 atom stereocenters. The summed E-state index contributed by atoms with van der Waals surface area (Å²) in [5.74, 6) is -0.0324. The fraction of sp³-hybridized carbons (Fsp3) is 0. The second-order valence-corrected chi connectivity index (χ2v) is 5.20. The van der Waals surface area contributed by atoms with Crippen LogP contribution in [-0.4, -0.2) is 11.1 Å². The highest BCUT2D eigenvalue weighted by atomic mass is 79.9. The van der Waals surface area contributed by atoms with Gasteiger partial charge in [0.1, 0.15) is 11.5 Å². The van der Waals surface area contributed by atoms with Gasteiger partial charge in [-0.05, 0) is 56.1 Å². The number of rotatable bonds is 2. The molecule has 18 heavy (non-hydrogen) atoms. The monoisotopic (exact) mass is 370 g/mol. The van der Waals surface area contributed by atoms with E-state index >= 15 is 0 Å². The third kappa shape index (κ3) is 2.91. The highest BCUT2D eigenvalue weighted by Gasteiger charge is 2.11. The summed E-state index contributed by atoms with van der Waals surface area (Å²) < 4.78 is 6.11. The Morgan fingerprint density at radius 1 is 1.06 bits per heavy atom. The summed E-state index contributed by atoms with van der Waals surface area (Å²) in [5.41, 5.74) is 0.470. The summed E-state index contributed by atoms with van der Waals surface area (Å²) in [6, 6.07) is 11.8. The molecule has 2 aromatic carbocycles. The third-order valence-electron chi connectivity index (χ3n) is 2.21. The van der Waals surface area contributed by atoms with Crippen molar-refractivity contribution in [3.63, 3.8) is 0 Å². The number of benzene rings is 2. The van der Waals surface area contributed by atoms with Crippen molar-refractivity contribution in [1.29, 1.82) is 0 Å². The normalized spacial score (nSPS) is 10.1. The predicted molar refractivity (Wildman–Crippen MR) is 74.9 cm³/mol. The van der Waals surface area contributed by atoms with Crippen LogP contribution in [0, 0.1) is 0 Å². The number of carbonyl (C=O) groups excluding carboxylic acids is 1. The van der Waals surface area contributed by atoms with Crippen LogP contribution in [0.1, 0.15) is 10.4 Å². The van der Waals surface area contributed by atoms with Crippen LogP contribution >= 0.6 is 31.9 Å². The van der Waals surface area contributed by atoms with E-state index in [-0.39, 0.29) is 5.75 Å². The van der Waals surface area contributed by atoms with Gasteiger partial charge in [0.15, 0.2) is 0 Å². The molecule has 0 saturated heterocycles. The molecule has 2 rings (SSSR count). The highest BCUT2D eigenvalue weighted by Crippen LogP contribution is 2.36. The van der Waals surface area contributed by atoms with Crippen LogP contribution < -0.4 is 4.74 Å². The summed E-state index contributed by atoms with van der Waals surface area (Å²) >= 11 is 6.34. The topological polar surface area (TPSA) is 46.5 Å². The minimum atomic E-state index is -0.444. The molecule has 0 bridgehead atoms. The molecule has 2 aromatic rings. The second-order valence-electron chi connectivity index (χ2n) is 3.49. The smallest absolute Gasteiger partial charge is 0.343 e. The van der Waals surface area contributed by atoms with Gasteiger partial charge in [0.25, 0.3) is 0 Å². The van der Waals surface area contributed by atoms with Gasteiger partial charge in [0, 0.05) is 0 Å². The first-order valence-electron chi connectivity index (χ1n) is 5.03. The number of hydrogen-bond donors (Lipinski definition) is 1. The van der Waals surface area contributed by atoms with Crippen LogP contribution in [0.4, 0.5) is 0 Å². The van der Waals surface area contributed by atoms with E-state index in [1.165, 1.54) is 12.1 Å². The molecule has 92 valence electrons. The number of carbonyl (C=O) groups is 1. The molecule has 3 nitrogen and oxygen atoms in total. The van der Waals surface area contributed by atoms with Crippen LogP contribution in [0.25, 0.3) is 0 Å². The lowest BCUT2D eigenvalue weighted by Crippen LogP contribution is -2.08. The van der Waals surface area contributed by atoms with Crippen molar-refractivity contribution >= 4 is 37.8 Å². The molecule has 0 heterocycles. The Hall–Kier alpha value is -1.33. The number of ether oxygens (including phenoxy) is 1. The Morgan fingerprint density at radius 2 is 1.61 bits per heavy atom. The van der Waals surface area contributed by atoms with Gasteiger partial charge < -0.3 is 9.84 Å². The molecule has 0 amide bonds. The molecular formula is C13H8Br2O3. The lowest BCUT2D eigenvalue weighted by atomic mass is 10.2. The van der Waals surface area contributed by atoms with Crippen LogP contribution in [0.2, 0.25) is 0 Å². The van der Waals surface area contributed by atoms with Gasteiger partial charge in [-0.2, -0.15) is 0 Å². The Bertz CT molecular complexity index is 559. The zero-order chi connectivity index (χ0) is 13.1. The molecule has 5 heteroatoms. The van der Waals surface area contributed by atoms with Crippen LogP contribution in [0.15, 0.2) is 51.4 Å². The number of hydrogen-bond acceptors (Lipinski definition) is 3. The van der Waals surface area contributed by atoms with Crippen molar-refractivity contribution in [3.8, 4) is 11.5 Å². The van der Waals surface area contributed by atoms with Crippen molar-refractivity contribution in [2.45, 2.75) is 0 Å². The van der Waals surface area contributed by atoms with E-state index < -0.39 is 5.97 Å². The van der Waals surface area contributed by atoms with E-state index in [0.29, 0.717) is 20.3 Å². The quantitative estimate of drug-likeness (QED) is 0.637. The summed E-state index contributed by atoms with van der Waals surface area (Å²) in [6.45, 7) is 0. The SMILES string of the molecule is O=C(Oc1cc(Br)c(O)c(Br)c1)c1ccccc1. The van der Waals surface area contributed by atoms with Gasteiger partial charge in [0.05, 0.1) is 14.5 Å². The van der Waals surface area contributed by atoms with E-state index in [9.17, 15) is 9.90 Å². The number of phenols is 1. The largest absolute Gasteiger partial charge is 0.506 e. The Morgan fingerprint density at radius 3 is 2.17 bits per heavy atom. The fourth-order valence-corrected chi connectivity index (χ4v) is 2.49. The Balaban J connectivity index is 2.23. The molecule has 0 saturated carbocycles. The van der Waals surface area contributed by atoms with Gasteiger partial charge >= 0.3 is 5.97 Å².